The summed E-state index contributed by atoms with van der Waals surface area (Å²) >= 11 is 0. The van der Waals surface area contributed by atoms with E-state index in [1.165, 1.54) is 29.9 Å². The van der Waals surface area contributed by atoms with Gasteiger partial charge in [-0.3, -0.25) is 4.79 Å². The number of carbonyl (C=O) groups is 1. The summed E-state index contributed by atoms with van der Waals surface area (Å²) < 4.78 is 46.8. The molecule has 0 saturated carbocycles. The minimum Gasteiger partial charge on any atom is -0.465 e. The van der Waals surface area contributed by atoms with E-state index < -0.39 is 12.3 Å². The highest BCUT2D eigenvalue weighted by Gasteiger charge is 2.31. The van der Waals surface area contributed by atoms with Crippen LogP contribution < -0.4 is 10.3 Å². The molecule has 0 N–H and O–H groups in total. The molecule has 0 unspecified atom stereocenters. The van der Waals surface area contributed by atoms with E-state index >= 15 is 0 Å². The number of benzene rings is 1. The monoisotopic (exact) mass is 353 g/mol. The van der Waals surface area contributed by atoms with E-state index in [1.54, 1.807) is 0 Å². The Labute approximate surface area is 140 Å². The fraction of sp³-hybridized carbons (Fsp3) is 0.294. The highest BCUT2D eigenvalue weighted by Crippen LogP contribution is 2.27. The van der Waals surface area contributed by atoms with E-state index in [1.807, 2.05) is 0 Å². The molecule has 132 valence electrons. The second-order valence-electron chi connectivity index (χ2n) is 5.54. The lowest BCUT2D eigenvalue weighted by molar-refractivity contribution is -0.274. The zero-order chi connectivity index (χ0) is 18.2. The van der Waals surface area contributed by atoms with Crippen LogP contribution >= 0.6 is 0 Å². The predicted octanol–water partition coefficient (Wildman–Crippen LogP) is 3.15. The molecule has 25 heavy (non-hydrogen) atoms. The average Bonchev–Trinajstić information content (AvgIpc) is 3.04. The lowest BCUT2D eigenvalue weighted by Gasteiger charge is -2.13. The normalized spacial score (nSPS) is 13.4. The molecule has 0 fully saturated rings. The van der Waals surface area contributed by atoms with Gasteiger partial charge in [-0.1, -0.05) is 12.1 Å². The molecule has 0 aliphatic carbocycles. The summed E-state index contributed by atoms with van der Waals surface area (Å²) in [6, 6.07) is 6.38. The zero-order valence-electron chi connectivity index (χ0n) is 13.2. The SMILES string of the molecule is COC(=O)c1cc(-c2ccc(OC(F)(F)F)cc2)c(=O)n2c1CCC2. The van der Waals surface area contributed by atoms with E-state index in [0.29, 0.717) is 29.8 Å². The van der Waals surface area contributed by atoms with Gasteiger partial charge >= 0.3 is 12.3 Å². The summed E-state index contributed by atoms with van der Waals surface area (Å²) in [6.45, 7) is 0.487. The summed E-state index contributed by atoms with van der Waals surface area (Å²) in [5, 5.41) is 0. The van der Waals surface area contributed by atoms with Gasteiger partial charge < -0.3 is 14.0 Å². The molecule has 0 atom stereocenters. The topological polar surface area (TPSA) is 57.5 Å². The van der Waals surface area contributed by atoms with E-state index in [2.05, 4.69) is 4.74 Å². The van der Waals surface area contributed by atoms with Crippen molar-refractivity contribution in [3.8, 4) is 16.9 Å². The molecule has 0 saturated heterocycles. The third-order valence-corrected chi connectivity index (χ3v) is 4.00. The predicted molar refractivity (Wildman–Crippen MR) is 82.5 cm³/mol. The van der Waals surface area contributed by atoms with Gasteiger partial charge in [-0.15, -0.1) is 13.2 Å². The van der Waals surface area contributed by atoms with Crippen LogP contribution in [-0.2, 0) is 17.7 Å². The lowest BCUT2D eigenvalue weighted by Crippen LogP contribution is -2.24. The number of hydrogen-bond donors (Lipinski definition) is 0. The van der Waals surface area contributed by atoms with Gasteiger partial charge in [0.25, 0.3) is 5.56 Å². The summed E-state index contributed by atoms with van der Waals surface area (Å²) in [5.41, 5.74) is 1.25. The number of carbonyl (C=O) groups excluding carboxylic acids is 1. The lowest BCUT2D eigenvalue weighted by atomic mass is 10.0. The first kappa shape index (κ1) is 17.1. The zero-order valence-corrected chi connectivity index (χ0v) is 13.2. The number of esters is 1. The van der Waals surface area contributed by atoms with Crippen LogP contribution in [0, 0.1) is 0 Å². The minimum atomic E-state index is -4.79. The maximum Gasteiger partial charge on any atom is 0.573 e. The van der Waals surface area contributed by atoms with Gasteiger partial charge in [-0.05, 0) is 36.6 Å². The van der Waals surface area contributed by atoms with Crippen LogP contribution in [-0.4, -0.2) is 24.0 Å². The molecule has 3 rings (SSSR count). The summed E-state index contributed by atoms with van der Waals surface area (Å²) in [7, 11) is 1.25. The molecule has 2 aromatic rings. The maximum atomic E-state index is 12.6. The van der Waals surface area contributed by atoms with Crippen molar-refractivity contribution in [3.05, 3.63) is 51.9 Å². The fourth-order valence-electron chi connectivity index (χ4n) is 2.94. The van der Waals surface area contributed by atoms with Crippen LogP contribution in [0.2, 0.25) is 0 Å². The summed E-state index contributed by atoms with van der Waals surface area (Å²) in [4.78, 5) is 24.6. The van der Waals surface area contributed by atoms with Crippen molar-refractivity contribution in [1.82, 2.24) is 4.57 Å². The fourth-order valence-corrected chi connectivity index (χ4v) is 2.94. The van der Waals surface area contributed by atoms with Crippen molar-refractivity contribution in [2.45, 2.75) is 25.7 Å². The second kappa shape index (κ2) is 6.27. The molecule has 1 aliphatic heterocycles. The van der Waals surface area contributed by atoms with Gasteiger partial charge in [0, 0.05) is 17.8 Å². The third kappa shape index (κ3) is 3.38. The molecule has 8 heteroatoms. The van der Waals surface area contributed by atoms with Crippen LogP contribution in [0.5, 0.6) is 5.75 Å². The van der Waals surface area contributed by atoms with Crippen LogP contribution in [0.3, 0.4) is 0 Å². The molecule has 0 amide bonds. The van der Waals surface area contributed by atoms with Gasteiger partial charge in [0.15, 0.2) is 0 Å². The van der Waals surface area contributed by atoms with E-state index in [4.69, 9.17) is 4.74 Å². The number of ether oxygens (including phenoxy) is 2. The molecule has 2 heterocycles. The number of hydrogen-bond acceptors (Lipinski definition) is 4. The Morgan fingerprint density at radius 3 is 2.48 bits per heavy atom. The largest absolute Gasteiger partial charge is 0.573 e. The van der Waals surface area contributed by atoms with Gasteiger partial charge in [0.1, 0.15) is 5.75 Å². The van der Waals surface area contributed by atoms with Crippen molar-refractivity contribution in [2.24, 2.45) is 0 Å². The highest BCUT2D eigenvalue weighted by molar-refractivity contribution is 5.92. The average molecular weight is 353 g/mol. The number of pyridine rings is 1. The number of nitrogens with zero attached hydrogens (tertiary/aromatic N) is 1. The Hall–Kier alpha value is -2.77. The van der Waals surface area contributed by atoms with Crippen LogP contribution in [0.25, 0.3) is 11.1 Å². The first-order chi connectivity index (χ1) is 11.8. The van der Waals surface area contributed by atoms with E-state index in [-0.39, 0.29) is 16.9 Å². The van der Waals surface area contributed by atoms with Crippen molar-refractivity contribution in [2.75, 3.05) is 7.11 Å². The van der Waals surface area contributed by atoms with E-state index in [0.717, 1.165) is 18.6 Å². The number of halogens is 3. The Kier molecular flexibility index (Phi) is 4.28. The van der Waals surface area contributed by atoms with Crippen molar-refractivity contribution < 1.29 is 27.4 Å². The molecule has 1 aromatic carbocycles. The van der Waals surface area contributed by atoms with Crippen LogP contribution in [0.4, 0.5) is 13.2 Å². The summed E-state index contributed by atoms with van der Waals surface area (Å²) in [6.07, 6.45) is -3.45. The standard InChI is InChI=1S/C17H14F3NO4/c1-24-16(23)13-9-12(15(22)21-8-2-3-14(13)21)10-4-6-11(7-5-10)25-17(18,19)20/h4-7,9H,2-3,8H2,1H3. The minimum absolute atomic E-state index is 0.226. The van der Waals surface area contributed by atoms with Crippen molar-refractivity contribution in [1.29, 1.82) is 0 Å². The molecule has 0 radical (unpaired) electrons. The molecule has 0 spiro atoms. The molecular formula is C17H14F3NO4. The first-order valence-corrected chi connectivity index (χ1v) is 7.51. The van der Waals surface area contributed by atoms with Crippen LogP contribution in [0.15, 0.2) is 35.1 Å². The van der Waals surface area contributed by atoms with Crippen molar-refractivity contribution in [3.63, 3.8) is 0 Å². The molecule has 5 nitrogen and oxygen atoms in total. The Morgan fingerprint density at radius 1 is 1.20 bits per heavy atom. The number of alkyl halides is 3. The number of aromatic nitrogens is 1. The van der Waals surface area contributed by atoms with Gasteiger partial charge in [0.05, 0.1) is 12.7 Å². The molecule has 1 aliphatic rings. The Morgan fingerprint density at radius 2 is 1.88 bits per heavy atom. The number of methoxy groups -OCH3 is 1. The van der Waals surface area contributed by atoms with Gasteiger partial charge in [-0.2, -0.15) is 0 Å². The quantitative estimate of drug-likeness (QED) is 0.796. The number of fused-ring (bicyclic) bond motifs is 1. The van der Waals surface area contributed by atoms with Gasteiger partial charge in [0.2, 0.25) is 0 Å². The smallest absolute Gasteiger partial charge is 0.465 e. The second-order valence-corrected chi connectivity index (χ2v) is 5.54. The van der Waals surface area contributed by atoms with E-state index in [9.17, 15) is 22.8 Å². The van der Waals surface area contributed by atoms with Gasteiger partial charge in [-0.25, -0.2) is 4.79 Å². The molecule has 0 bridgehead atoms. The Bertz CT molecular complexity index is 869. The highest BCUT2D eigenvalue weighted by atomic mass is 19.4. The summed E-state index contributed by atoms with van der Waals surface area (Å²) in [5.74, 6) is -0.936. The molecule has 1 aromatic heterocycles. The maximum absolute atomic E-state index is 12.6. The van der Waals surface area contributed by atoms with Crippen molar-refractivity contribution >= 4 is 5.97 Å². The molecular weight excluding hydrogens is 339 g/mol. The third-order valence-electron chi connectivity index (χ3n) is 4.00. The first-order valence-electron chi connectivity index (χ1n) is 7.51. The van der Waals surface area contributed by atoms with Crippen LogP contribution in [0.1, 0.15) is 22.5 Å². The Balaban J connectivity index is 2.06. The number of rotatable bonds is 3.